The van der Waals surface area contributed by atoms with E-state index in [0.29, 0.717) is 31.4 Å². The molecule has 7 heteroatoms. The number of aromatic hydroxyl groups is 1. The lowest BCUT2D eigenvalue weighted by molar-refractivity contribution is 0.0497. The van der Waals surface area contributed by atoms with Gasteiger partial charge in [-0.15, -0.1) is 0 Å². The summed E-state index contributed by atoms with van der Waals surface area (Å²) in [6.45, 7) is 0.304. The number of rotatable bonds is 9. The minimum atomic E-state index is -3.85. The predicted octanol–water partition coefficient (Wildman–Crippen LogP) is 2.39. The summed E-state index contributed by atoms with van der Waals surface area (Å²) in [5.41, 5.74) is 0.390. The Bertz CT molecular complexity index is 535. The van der Waals surface area contributed by atoms with E-state index in [1.807, 2.05) is 0 Å². The average Bonchev–Trinajstić information content (AvgIpc) is 2.41. The number of ether oxygens (including phenoxy) is 1. The molecule has 2 N–H and O–H groups in total. The van der Waals surface area contributed by atoms with Crippen molar-refractivity contribution in [3.63, 3.8) is 0 Å². The molecule has 0 bridgehead atoms. The minimum absolute atomic E-state index is 0.0939. The normalized spacial score (nSPS) is 11.3. The van der Waals surface area contributed by atoms with Gasteiger partial charge in [-0.25, -0.2) is 4.79 Å². The van der Waals surface area contributed by atoms with E-state index in [-0.39, 0.29) is 11.5 Å². The van der Waals surface area contributed by atoms with Gasteiger partial charge in [0.05, 0.1) is 17.9 Å². The molecule has 0 radical (unpaired) electrons. The van der Waals surface area contributed by atoms with E-state index in [1.165, 1.54) is 24.3 Å². The van der Waals surface area contributed by atoms with Crippen LogP contribution in [0.1, 0.15) is 42.5 Å². The van der Waals surface area contributed by atoms with Crippen LogP contribution in [-0.4, -0.2) is 36.4 Å². The van der Waals surface area contributed by atoms with Crippen molar-refractivity contribution >= 4 is 16.1 Å². The molecule has 0 atom stereocenters. The lowest BCUT2D eigenvalue weighted by atomic mass is 10.2. The SMILES string of the molecule is O=C(OCCCCCCCS(=O)(=O)O)c1ccc(O)cc1. The maximum Gasteiger partial charge on any atom is 0.338 e. The van der Waals surface area contributed by atoms with Crippen LogP contribution >= 0.6 is 0 Å². The molecule has 0 aliphatic heterocycles. The van der Waals surface area contributed by atoms with Crippen molar-refractivity contribution in [2.24, 2.45) is 0 Å². The minimum Gasteiger partial charge on any atom is -0.508 e. The van der Waals surface area contributed by atoms with Crippen molar-refractivity contribution < 1.29 is 27.6 Å². The van der Waals surface area contributed by atoms with Gasteiger partial charge in [0, 0.05) is 0 Å². The largest absolute Gasteiger partial charge is 0.508 e. The van der Waals surface area contributed by atoms with Gasteiger partial charge in [-0.05, 0) is 37.1 Å². The molecule has 6 nitrogen and oxygen atoms in total. The summed E-state index contributed by atoms with van der Waals surface area (Å²) in [5, 5.41) is 9.10. The van der Waals surface area contributed by atoms with Crippen molar-refractivity contribution in [2.45, 2.75) is 32.1 Å². The fraction of sp³-hybridized carbons (Fsp3) is 0.500. The summed E-state index contributed by atoms with van der Waals surface area (Å²) in [5.74, 6) is -0.541. The molecule has 118 valence electrons. The molecule has 0 spiro atoms. The van der Waals surface area contributed by atoms with Crippen LogP contribution in [0, 0.1) is 0 Å². The fourth-order valence-corrected chi connectivity index (χ4v) is 2.33. The summed E-state index contributed by atoms with van der Waals surface area (Å²) in [7, 11) is -3.85. The molecule has 0 unspecified atom stereocenters. The van der Waals surface area contributed by atoms with Crippen molar-refractivity contribution in [1.82, 2.24) is 0 Å². The molecular formula is C14H20O6S. The second-order valence-electron chi connectivity index (χ2n) is 4.74. The first kappa shape index (κ1) is 17.5. The van der Waals surface area contributed by atoms with Gasteiger partial charge in [0.15, 0.2) is 0 Å². The van der Waals surface area contributed by atoms with E-state index >= 15 is 0 Å². The van der Waals surface area contributed by atoms with Gasteiger partial charge < -0.3 is 9.84 Å². The number of phenols is 1. The first-order valence-corrected chi connectivity index (χ1v) is 8.41. The number of unbranched alkanes of at least 4 members (excludes halogenated alkanes) is 4. The Hall–Kier alpha value is -1.60. The number of benzene rings is 1. The van der Waals surface area contributed by atoms with E-state index in [2.05, 4.69) is 0 Å². The van der Waals surface area contributed by atoms with Gasteiger partial charge in [-0.2, -0.15) is 8.42 Å². The number of hydrogen-bond donors (Lipinski definition) is 2. The van der Waals surface area contributed by atoms with Gasteiger partial charge in [0.2, 0.25) is 0 Å². The Morgan fingerprint density at radius 2 is 1.57 bits per heavy atom. The molecule has 0 saturated carbocycles. The Morgan fingerprint density at radius 1 is 1.00 bits per heavy atom. The van der Waals surface area contributed by atoms with Crippen LogP contribution < -0.4 is 0 Å². The molecule has 0 fully saturated rings. The van der Waals surface area contributed by atoms with Gasteiger partial charge >= 0.3 is 5.97 Å². The number of carbonyl (C=O) groups excluding carboxylic acids is 1. The Morgan fingerprint density at radius 3 is 2.19 bits per heavy atom. The zero-order chi connectivity index (χ0) is 15.7. The zero-order valence-electron chi connectivity index (χ0n) is 11.7. The summed E-state index contributed by atoms with van der Waals surface area (Å²) < 4.78 is 34.6. The Balaban J connectivity index is 2.06. The second-order valence-corrected chi connectivity index (χ2v) is 6.31. The third kappa shape index (κ3) is 8.31. The molecule has 1 aromatic carbocycles. The lowest BCUT2D eigenvalue weighted by Crippen LogP contribution is -2.06. The summed E-state index contributed by atoms with van der Waals surface area (Å²) >= 11 is 0. The van der Waals surface area contributed by atoms with Crippen LogP contribution in [0.25, 0.3) is 0 Å². The van der Waals surface area contributed by atoms with Crippen LogP contribution in [0.2, 0.25) is 0 Å². The number of hydrogen-bond acceptors (Lipinski definition) is 5. The highest BCUT2D eigenvalue weighted by Gasteiger charge is 2.06. The molecule has 21 heavy (non-hydrogen) atoms. The maximum atomic E-state index is 11.6. The quantitative estimate of drug-likeness (QED) is 0.412. The predicted molar refractivity (Wildman–Crippen MR) is 77.9 cm³/mol. The van der Waals surface area contributed by atoms with E-state index in [9.17, 15) is 13.2 Å². The molecule has 1 rings (SSSR count). The molecule has 0 saturated heterocycles. The topological polar surface area (TPSA) is 101 Å². The lowest BCUT2D eigenvalue weighted by Gasteiger charge is -2.05. The number of carbonyl (C=O) groups is 1. The van der Waals surface area contributed by atoms with Crippen LogP contribution in [0.5, 0.6) is 5.75 Å². The van der Waals surface area contributed by atoms with Gasteiger partial charge in [0.1, 0.15) is 5.75 Å². The highest BCUT2D eigenvalue weighted by molar-refractivity contribution is 7.85. The third-order valence-electron chi connectivity index (χ3n) is 2.88. The molecule has 0 aliphatic rings. The number of esters is 1. The van der Waals surface area contributed by atoms with Crippen molar-refractivity contribution in [3.8, 4) is 5.75 Å². The monoisotopic (exact) mass is 316 g/mol. The summed E-state index contributed by atoms with van der Waals surface area (Å²) in [4.78, 5) is 11.6. The molecule has 1 aromatic rings. The average molecular weight is 316 g/mol. The van der Waals surface area contributed by atoms with Gasteiger partial charge in [0.25, 0.3) is 10.1 Å². The summed E-state index contributed by atoms with van der Waals surface area (Å²) in [6.07, 6.45) is 3.51. The fourth-order valence-electron chi connectivity index (χ4n) is 1.76. The van der Waals surface area contributed by atoms with Crippen LogP contribution in [0.15, 0.2) is 24.3 Å². The highest BCUT2D eigenvalue weighted by Crippen LogP contribution is 2.11. The number of phenolic OH excluding ortho intramolecular Hbond substituents is 1. The van der Waals surface area contributed by atoms with E-state index in [4.69, 9.17) is 14.4 Å². The third-order valence-corrected chi connectivity index (χ3v) is 3.69. The molecule has 0 aromatic heterocycles. The van der Waals surface area contributed by atoms with Crippen molar-refractivity contribution in [2.75, 3.05) is 12.4 Å². The van der Waals surface area contributed by atoms with Crippen LogP contribution in [-0.2, 0) is 14.9 Å². The van der Waals surface area contributed by atoms with Gasteiger partial charge in [-0.3, -0.25) is 4.55 Å². The van der Waals surface area contributed by atoms with Crippen molar-refractivity contribution in [1.29, 1.82) is 0 Å². The molecule has 0 aliphatic carbocycles. The molecule has 0 amide bonds. The van der Waals surface area contributed by atoms with Crippen LogP contribution in [0.3, 0.4) is 0 Å². The molecule has 0 heterocycles. The first-order chi connectivity index (χ1) is 9.88. The van der Waals surface area contributed by atoms with E-state index in [1.54, 1.807) is 0 Å². The second kappa shape index (κ2) is 8.63. The first-order valence-electron chi connectivity index (χ1n) is 6.80. The standard InChI is InChI=1S/C14H20O6S/c15-13-8-6-12(7-9-13)14(16)20-10-4-2-1-3-5-11-21(17,18)19/h6-9,15H,1-5,10-11H2,(H,17,18,19). The Kier molecular flexibility index (Phi) is 7.18. The smallest absolute Gasteiger partial charge is 0.338 e. The van der Waals surface area contributed by atoms with E-state index in [0.717, 1.165) is 12.8 Å². The van der Waals surface area contributed by atoms with E-state index < -0.39 is 16.1 Å². The van der Waals surface area contributed by atoms with Gasteiger partial charge in [-0.1, -0.05) is 19.3 Å². The summed E-state index contributed by atoms with van der Waals surface area (Å²) in [6, 6.07) is 5.83. The van der Waals surface area contributed by atoms with Crippen molar-refractivity contribution in [3.05, 3.63) is 29.8 Å². The van der Waals surface area contributed by atoms with Crippen LogP contribution in [0.4, 0.5) is 0 Å². The highest BCUT2D eigenvalue weighted by atomic mass is 32.2. The maximum absolute atomic E-state index is 11.6. The zero-order valence-corrected chi connectivity index (χ0v) is 12.5. The Labute approximate surface area is 124 Å². The molecular weight excluding hydrogens is 296 g/mol.